The van der Waals surface area contributed by atoms with E-state index in [-0.39, 0.29) is 19.2 Å². The van der Waals surface area contributed by atoms with Crippen LogP contribution in [0.15, 0.2) is 36.4 Å². The second kappa shape index (κ2) is 5.07. The van der Waals surface area contributed by atoms with Gasteiger partial charge in [0.05, 0.1) is 6.04 Å². The van der Waals surface area contributed by atoms with Crippen molar-refractivity contribution < 1.29 is 14.2 Å². The Hall–Kier alpha value is -1.91. The van der Waals surface area contributed by atoms with Crippen LogP contribution in [0, 0.1) is 0 Å². The monoisotopic (exact) mass is 317 g/mol. The molecular formula is C17H16ClNO3. The van der Waals surface area contributed by atoms with Crippen LogP contribution in [0.3, 0.4) is 0 Å². The van der Waals surface area contributed by atoms with Crippen molar-refractivity contribution in [2.24, 2.45) is 0 Å². The van der Waals surface area contributed by atoms with Gasteiger partial charge in [0.15, 0.2) is 11.5 Å². The lowest BCUT2D eigenvalue weighted by atomic mass is 9.78. The summed E-state index contributed by atoms with van der Waals surface area (Å²) in [4.78, 5) is 0. The molecule has 0 aliphatic carbocycles. The Labute approximate surface area is 134 Å². The Bertz CT molecular complexity index is 734. The number of ether oxygens (including phenoxy) is 3. The maximum Gasteiger partial charge on any atom is 0.231 e. The minimum absolute atomic E-state index is 0. The van der Waals surface area contributed by atoms with Crippen molar-refractivity contribution in [3.8, 4) is 17.2 Å². The van der Waals surface area contributed by atoms with Gasteiger partial charge < -0.3 is 19.5 Å². The number of hydrogen-bond acceptors (Lipinski definition) is 4. The Morgan fingerprint density at radius 1 is 0.909 bits per heavy atom. The van der Waals surface area contributed by atoms with Gasteiger partial charge in [0.25, 0.3) is 0 Å². The largest absolute Gasteiger partial charge is 0.488 e. The minimum Gasteiger partial charge on any atom is -0.488 e. The van der Waals surface area contributed by atoms with Gasteiger partial charge in [0.1, 0.15) is 6.61 Å². The van der Waals surface area contributed by atoms with Crippen LogP contribution in [0.5, 0.6) is 17.2 Å². The van der Waals surface area contributed by atoms with Crippen LogP contribution in [0.25, 0.3) is 0 Å². The lowest BCUT2D eigenvalue weighted by molar-refractivity contribution is 0.164. The van der Waals surface area contributed by atoms with E-state index < -0.39 is 0 Å². The summed E-state index contributed by atoms with van der Waals surface area (Å²) >= 11 is 0. The molecule has 0 fully saturated rings. The van der Waals surface area contributed by atoms with E-state index >= 15 is 0 Å². The third-order valence-electron chi connectivity index (χ3n) is 4.61. The lowest BCUT2D eigenvalue weighted by Crippen LogP contribution is -2.46. The van der Waals surface area contributed by atoms with Crippen LogP contribution in [0.4, 0.5) is 0 Å². The molecule has 2 atom stereocenters. The van der Waals surface area contributed by atoms with Crippen LogP contribution in [0.2, 0.25) is 0 Å². The van der Waals surface area contributed by atoms with Crippen LogP contribution < -0.4 is 19.5 Å². The summed E-state index contributed by atoms with van der Waals surface area (Å²) in [5.74, 6) is 2.70. The van der Waals surface area contributed by atoms with Gasteiger partial charge in [0.2, 0.25) is 12.5 Å². The Morgan fingerprint density at radius 2 is 1.82 bits per heavy atom. The molecular weight excluding hydrogens is 302 g/mol. The smallest absolute Gasteiger partial charge is 0.231 e. The fraction of sp³-hybridized carbons (Fsp3) is 0.294. The predicted molar refractivity (Wildman–Crippen MR) is 84.2 cm³/mol. The van der Waals surface area contributed by atoms with Crippen LogP contribution in [0.1, 0.15) is 22.6 Å². The zero-order valence-electron chi connectivity index (χ0n) is 11.9. The Balaban J connectivity index is 0.00000125. The maximum atomic E-state index is 5.98. The van der Waals surface area contributed by atoms with Gasteiger partial charge in [-0.2, -0.15) is 0 Å². The highest BCUT2D eigenvalue weighted by atomic mass is 35.5. The molecule has 22 heavy (non-hydrogen) atoms. The summed E-state index contributed by atoms with van der Waals surface area (Å²) in [5, 5.41) is 3.59. The highest BCUT2D eigenvalue weighted by molar-refractivity contribution is 5.85. The van der Waals surface area contributed by atoms with Crippen molar-refractivity contribution in [1.29, 1.82) is 0 Å². The molecule has 0 bridgehead atoms. The quantitative estimate of drug-likeness (QED) is 0.811. The second-order valence-electron chi connectivity index (χ2n) is 5.69. The summed E-state index contributed by atoms with van der Waals surface area (Å²) in [5.41, 5.74) is 3.95. The van der Waals surface area contributed by atoms with E-state index in [0.29, 0.717) is 18.6 Å². The molecule has 2 aromatic carbocycles. The normalized spacial score (nSPS) is 23.5. The number of rotatable bonds is 0. The van der Waals surface area contributed by atoms with Crippen molar-refractivity contribution in [1.82, 2.24) is 5.32 Å². The van der Waals surface area contributed by atoms with E-state index in [1.165, 1.54) is 16.7 Å². The van der Waals surface area contributed by atoms with E-state index in [1.54, 1.807) is 0 Å². The molecule has 0 aromatic heterocycles. The fourth-order valence-corrected chi connectivity index (χ4v) is 3.64. The van der Waals surface area contributed by atoms with E-state index in [9.17, 15) is 0 Å². The van der Waals surface area contributed by atoms with Crippen molar-refractivity contribution >= 4 is 12.4 Å². The van der Waals surface area contributed by atoms with Crippen LogP contribution in [-0.4, -0.2) is 19.4 Å². The Kier molecular flexibility index (Phi) is 3.17. The lowest BCUT2D eigenvalue weighted by Gasteiger charge is -2.39. The SMILES string of the molecule is Cl.c1ccc2c(c1)CNC1COc3c(ccc4c3OCO4)C21. The number of benzene rings is 2. The van der Waals surface area contributed by atoms with E-state index in [1.807, 2.05) is 6.07 Å². The first kappa shape index (κ1) is 13.7. The van der Waals surface area contributed by atoms with Gasteiger partial charge in [-0.15, -0.1) is 12.4 Å². The molecule has 3 aliphatic rings. The molecule has 1 N–H and O–H groups in total. The van der Waals surface area contributed by atoms with Gasteiger partial charge in [-0.25, -0.2) is 0 Å². The van der Waals surface area contributed by atoms with Crippen molar-refractivity contribution in [3.63, 3.8) is 0 Å². The predicted octanol–water partition coefficient (Wildman–Crippen LogP) is 2.83. The first-order chi connectivity index (χ1) is 10.4. The van der Waals surface area contributed by atoms with E-state index in [0.717, 1.165) is 23.8 Å². The highest BCUT2D eigenvalue weighted by Crippen LogP contribution is 2.50. The van der Waals surface area contributed by atoms with Gasteiger partial charge in [-0.05, 0) is 17.2 Å². The number of halogens is 1. The van der Waals surface area contributed by atoms with Gasteiger partial charge in [-0.3, -0.25) is 0 Å². The summed E-state index contributed by atoms with van der Waals surface area (Å²) in [6, 6.07) is 13.1. The van der Waals surface area contributed by atoms with Crippen molar-refractivity contribution in [2.75, 3.05) is 13.4 Å². The first-order valence-corrected chi connectivity index (χ1v) is 7.28. The molecule has 114 valence electrons. The molecule has 0 spiro atoms. The molecule has 2 unspecified atom stereocenters. The average Bonchev–Trinajstić information content (AvgIpc) is 3.03. The zero-order valence-corrected chi connectivity index (χ0v) is 12.7. The molecule has 5 heteroatoms. The van der Waals surface area contributed by atoms with Gasteiger partial charge in [0, 0.05) is 18.0 Å². The minimum atomic E-state index is 0. The molecule has 3 heterocycles. The summed E-state index contributed by atoms with van der Waals surface area (Å²) in [6.07, 6.45) is 0. The molecule has 0 amide bonds. The van der Waals surface area contributed by atoms with E-state index in [2.05, 4.69) is 35.6 Å². The maximum absolute atomic E-state index is 5.98. The molecule has 0 radical (unpaired) electrons. The highest BCUT2D eigenvalue weighted by Gasteiger charge is 2.38. The van der Waals surface area contributed by atoms with Gasteiger partial charge >= 0.3 is 0 Å². The van der Waals surface area contributed by atoms with Crippen molar-refractivity contribution in [2.45, 2.75) is 18.5 Å². The van der Waals surface area contributed by atoms with Crippen molar-refractivity contribution in [3.05, 3.63) is 53.1 Å². The third-order valence-corrected chi connectivity index (χ3v) is 4.61. The van der Waals surface area contributed by atoms with Gasteiger partial charge in [-0.1, -0.05) is 30.3 Å². The van der Waals surface area contributed by atoms with Crippen LogP contribution >= 0.6 is 12.4 Å². The topological polar surface area (TPSA) is 39.7 Å². The average molecular weight is 318 g/mol. The zero-order chi connectivity index (χ0) is 13.8. The molecule has 2 aromatic rings. The van der Waals surface area contributed by atoms with E-state index in [4.69, 9.17) is 14.2 Å². The molecule has 3 aliphatic heterocycles. The second-order valence-corrected chi connectivity index (χ2v) is 5.69. The standard InChI is InChI=1S/C17H15NO3.ClH/c1-2-4-11-10(3-1)7-18-13-8-19-16-12(15(11)13)5-6-14-17(16)21-9-20-14;/h1-6,13,15,18H,7-9H2;1H. The number of hydrogen-bond donors (Lipinski definition) is 1. The molecule has 0 saturated heterocycles. The summed E-state index contributed by atoms with van der Waals surface area (Å²) in [6.45, 7) is 1.84. The summed E-state index contributed by atoms with van der Waals surface area (Å²) < 4.78 is 17.0. The fourth-order valence-electron chi connectivity index (χ4n) is 3.64. The third kappa shape index (κ3) is 1.81. The van der Waals surface area contributed by atoms with Crippen LogP contribution in [-0.2, 0) is 6.54 Å². The number of nitrogens with one attached hydrogen (secondary N) is 1. The summed E-state index contributed by atoms with van der Waals surface area (Å²) in [7, 11) is 0. The number of fused-ring (bicyclic) bond motifs is 7. The molecule has 4 nitrogen and oxygen atoms in total. The Morgan fingerprint density at radius 3 is 2.77 bits per heavy atom. The molecule has 0 saturated carbocycles. The molecule has 5 rings (SSSR count). The first-order valence-electron chi connectivity index (χ1n) is 7.28.